The van der Waals surface area contributed by atoms with E-state index in [0.29, 0.717) is 22.5 Å². The van der Waals surface area contributed by atoms with Gasteiger partial charge < -0.3 is 14.3 Å². The van der Waals surface area contributed by atoms with Gasteiger partial charge in [0.2, 0.25) is 15.9 Å². The first kappa shape index (κ1) is 20.7. The molecule has 0 atom stereocenters. The third-order valence-corrected chi connectivity index (χ3v) is 6.07. The van der Waals surface area contributed by atoms with Crippen LogP contribution in [0.1, 0.15) is 0 Å². The van der Waals surface area contributed by atoms with Crippen molar-refractivity contribution in [2.24, 2.45) is 7.05 Å². The number of aromatic amines is 1. The number of sulfonamides is 1. The number of rotatable bonds is 5. The van der Waals surface area contributed by atoms with E-state index >= 15 is 0 Å². The highest BCUT2D eigenvalue weighted by Gasteiger charge is 2.21. The number of benzene rings is 1. The molecule has 0 bridgehead atoms. The van der Waals surface area contributed by atoms with Crippen LogP contribution in [0, 0.1) is 11.6 Å². The summed E-state index contributed by atoms with van der Waals surface area (Å²) in [6, 6.07) is 5.73. The second-order valence-electron chi connectivity index (χ2n) is 6.63. The van der Waals surface area contributed by atoms with Gasteiger partial charge in [-0.3, -0.25) is 4.79 Å². The second kappa shape index (κ2) is 7.60. The monoisotopic (exact) mass is 446 g/mol. The quantitative estimate of drug-likeness (QED) is 0.490. The third kappa shape index (κ3) is 3.68. The molecule has 0 aliphatic rings. The van der Waals surface area contributed by atoms with Gasteiger partial charge in [0.05, 0.1) is 6.20 Å². The fourth-order valence-electron chi connectivity index (χ4n) is 3.12. The summed E-state index contributed by atoms with van der Waals surface area (Å²) in [5, 5.41) is 0.494. The Kier molecular flexibility index (Phi) is 5.07. The predicted octanol–water partition coefficient (Wildman–Crippen LogP) is 2.91. The van der Waals surface area contributed by atoms with Crippen molar-refractivity contribution < 1.29 is 21.9 Å². The number of nitrogens with zero attached hydrogens (tertiary/aromatic N) is 2. The largest absolute Gasteiger partial charge is 0.435 e. The van der Waals surface area contributed by atoms with Crippen LogP contribution in [-0.4, -0.2) is 30.0 Å². The van der Waals surface area contributed by atoms with Gasteiger partial charge in [0.1, 0.15) is 16.2 Å². The summed E-state index contributed by atoms with van der Waals surface area (Å²) in [6.45, 7) is 0. The molecule has 3 heterocycles. The van der Waals surface area contributed by atoms with Gasteiger partial charge in [0.25, 0.3) is 5.56 Å². The van der Waals surface area contributed by atoms with E-state index in [4.69, 9.17) is 4.74 Å². The number of nitrogens with one attached hydrogen (secondary N) is 2. The Labute approximate surface area is 175 Å². The van der Waals surface area contributed by atoms with Crippen LogP contribution in [-0.2, 0) is 17.1 Å². The lowest BCUT2D eigenvalue weighted by atomic mass is 10.1. The summed E-state index contributed by atoms with van der Waals surface area (Å²) in [5.41, 5.74) is 0.625. The average Bonchev–Trinajstić information content (AvgIpc) is 3.23. The zero-order valence-electron chi connectivity index (χ0n) is 16.3. The summed E-state index contributed by atoms with van der Waals surface area (Å²) in [5.74, 6) is -2.15. The zero-order chi connectivity index (χ0) is 22.3. The molecule has 0 unspecified atom stereocenters. The number of aromatic nitrogens is 3. The fraction of sp³-hybridized carbons (Fsp3) is 0.100. The van der Waals surface area contributed by atoms with Crippen molar-refractivity contribution in [1.82, 2.24) is 19.3 Å². The maximum absolute atomic E-state index is 14.2. The first-order valence-corrected chi connectivity index (χ1v) is 10.4. The SMILES string of the molecule is CNS(=O)(=O)c1cnc(Oc2ccc(F)cc2F)c(-c2cn(C)c(=O)c3[nH]ccc23)c1. The molecule has 4 rings (SSSR count). The van der Waals surface area contributed by atoms with E-state index in [1.54, 1.807) is 12.3 Å². The van der Waals surface area contributed by atoms with Crippen molar-refractivity contribution in [1.29, 1.82) is 0 Å². The molecule has 31 heavy (non-hydrogen) atoms. The third-order valence-electron chi connectivity index (χ3n) is 4.69. The van der Waals surface area contributed by atoms with E-state index in [9.17, 15) is 22.0 Å². The second-order valence-corrected chi connectivity index (χ2v) is 8.52. The van der Waals surface area contributed by atoms with Crippen molar-refractivity contribution in [3.8, 4) is 22.8 Å². The minimum absolute atomic E-state index is 0.123. The number of ether oxygens (including phenoxy) is 1. The maximum atomic E-state index is 14.2. The molecule has 0 amide bonds. The fourth-order valence-corrected chi connectivity index (χ4v) is 3.82. The normalized spacial score (nSPS) is 11.7. The molecule has 0 spiro atoms. The van der Waals surface area contributed by atoms with Crippen molar-refractivity contribution in [2.75, 3.05) is 7.05 Å². The summed E-state index contributed by atoms with van der Waals surface area (Å²) >= 11 is 0. The minimum Gasteiger partial charge on any atom is -0.435 e. The van der Waals surface area contributed by atoms with Crippen molar-refractivity contribution in [3.05, 3.63) is 70.9 Å². The molecular weight excluding hydrogens is 430 g/mol. The summed E-state index contributed by atoms with van der Waals surface area (Å²) in [6.07, 6.45) is 4.12. The van der Waals surface area contributed by atoms with E-state index in [1.165, 1.54) is 30.9 Å². The molecule has 2 N–H and O–H groups in total. The molecule has 160 valence electrons. The Balaban J connectivity index is 1.99. The Morgan fingerprint density at radius 2 is 1.94 bits per heavy atom. The highest BCUT2D eigenvalue weighted by Crippen LogP contribution is 2.37. The molecule has 0 saturated heterocycles. The first-order valence-electron chi connectivity index (χ1n) is 8.95. The van der Waals surface area contributed by atoms with Crippen LogP contribution in [0.25, 0.3) is 22.0 Å². The van der Waals surface area contributed by atoms with Crippen molar-refractivity contribution in [3.63, 3.8) is 0 Å². The molecule has 8 nitrogen and oxygen atoms in total. The van der Waals surface area contributed by atoms with E-state index in [0.717, 1.165) is 18.3 Å². The first-order chi connectivity index (χ1) is 14.7. The average molecular weight is 446 g/mol. The number of aryl methyl sites for hydroxylation is 1. The molecular formula is C20H16F2N4O4S. The van der Waals surface area contributed by atoms with Crippen molar-refractivity contribution >= 4 is 20.9 Å². The van der Waals surface area contributed by atoms with E-state index < -0.39 is 21.7 Å². The molecule has 3 aromatic heterocycles. The molecule has 1 aromatic carbocycles. The number of halogens is 2. The topological polar surface area (TPSA) is 106 Å². The number of fused-ring (bicyclic) bond motifs is 1. The Bertz CT molecular complexity index is 1480. The van der Waals surface area contributed by atoms with Crippen LogP contribution < -0.4 is 15.0 Å². The smallest absolute Gasteiger partial charge is 0.274 e. The molecule has 11 heteroatoms. The van der Waals surface area contributed by atoms with Gasteiger partial charge in [0.15, 0.2) is 11.6 Å². The van der Waals surface area contributed by atoms with Gasteiger partial charge in [-0.15, -0.1) is 0 Å². The molecule has 0 saturated carbocycles. The molecule has 0 aliphatic carbocycles. The van der Waals surface area contributed by atoms with Gasteiger partial charge in [-0.05, 0) is 31.3 Å². The van der Waals surface area contributed by atoms with E-state index in [1.807, 2.05) is 0 Å². The molecule has 0 radical (unpaired) electrons. The number of pyridine rings is 2. The minimum atomic E-state index is -3.86. The van der Waals surface area contributed by atoms with E-state index in [2.05, 4.69) is 14.7 Å². The Hall–Kier alpha value is -3.57. The summed E-state index contributed by atoms with van der Waals surface area (Å²) < 4.78 is 61.2. The zero-order valence-corrected chi connectivity index (χ0v) is 17.1. The van der Waals surface area contributed by atoms with Crippen LogP contribution >= 0.6 is 0 Å². The van der Waals surface area contributed by atoms with Gasteiger partial charge in [-0.2, -0.15) is 0 Å². The summed E-state index contributed by atoms with van der Waals surface area (Å²) in [7, 11) is -1.07. The summed E-state index contributed by atoms with van der Waals surface area (Å²) in [4.78, 5) is 19.2. The number of H-pyrrole nitrogens is 1. The Morgan fingerprint density at radius 1 is 1.16 bits per heavy atom. The van der Waals surface area contributed by atoms with Gasteiger partial charge in [-0.25, -0.2) is 26.9 Å². The van der Waals surface area contributed by atoms with Crippen LogP contribution in [0.5, 0.6) is 11.6 Å². The van der Waals surface area contributed by atoms with Gasteiger partial charge >= 0.3 is 0 Å². The Morgan fingerprint density at radius 3 is 2.65 bits per heavy atom. The molecule has 0 fully saturated rings. The highest BCUT2D eigenvalue weighted by atomic mass is 32.2. The van der Waals surface area contributed by atoms with Crippen molar-refractivity contribution in [2.45, 2.75) is 4.90 Å². The van der Waals surface area contributed by atoms with Gasteiger partial charge in [0, 0.05) is 42.0 Å². The standard InChI is InChI=1S/C20H16F2N4O4S/c1-23-31(28,29)12-8-14(15-10-26(2)20(27)18-13(15)5-6-24-18)19(25-9-12)30-17-4-3-11(21)7-16(17)22/h3-10,23-24H,1-2H3. The lowest BCUT2D eigenvalue weighted by molar-refractivity contribution is 0.424. The van der Waals surface area contributed by atoms with Gasteiger partial charge in [-0.1, -0.05) is 0 Å². The van der Waals surface area contributed by atoms with Crippen LogP contribution in [0.2, 0.25) is 0 Å². The van der Waals surface area contributed by atoms with Crippen LogP contribution in [0.3, 0.4) is 0 Å². The number of hydrogen-bond acceptors (Lipinski definition) is 5. The lowest BCUT2D eigenvalue weighted by Crippen LogP contribution is -2.19. The molecule has 4 aromatic rings. The van der Waals surface area contributed by atoms with Crippen LogP contribution in [0.4, 0.5) is 8.78 Å². The predicted molar refractivity (Wildman–Crippen MR) is 109 cm³/mol. The van der Waals surface area contributed by atoms with Crippen LogP contribution in [0.15, 0.2) is 58.6 Å². The lowest BCUT2D eigenvalue weighted by Gasteiger charge is -2.14. The van der Waals surface area contributed by atoms with E-state index in [-0.39, 0.29) is 27.6 Å². The number of hydrogen-bond donors (Lipinski definition) is 2. The molecule has 0 aliphatic heterocycles. The highest BCUT2D eigenvalue weighted by molar-refractivity contribution is 7.89. The maximum Gasteiger partial charge on any atom is 0.274 e.